The summed E-state index contributed by atoms with van der Waals surface area (Å²) in [5.41, 5.74) is -0.251. The molecular weight excluding hydrogens is 322 g/mol. The SMILES string of the molecule is COC(=O)c1ccc(COC(=O)COc2ccccc2[N+](=O)[O-])o1. The number of carbonyl (C=O) groups is 2. The van der Waals surface area contributed by atoms with Crippen LogP contribution in [0.4, 0.5) is 5.69 Å². The highest BCUT2D eigenvalue weighted by molar-refractivity contribution is 5.86. The van der Waals surface area contributed by atoms with Crippen molar-refractivity contribution < 1.29 is 33.1 Å². The van der Waals surface area contributed by atoms with Crippen LogP contribution in [0.1, 0.15) is 16.3 Å². The van der Waals surface area contributed by atoms with E-state index in [0.29, 0.717) is 0 Å². The first-order valence-electron chi connectivity index (χ1n) is 6.70. The number of para-hydroxylation sites is 2. The highest BCUT2D eigenvalue weighted by Crippen LogP contribution is 2.25. The molecule has 0 fully saturated rings. The van der Waals surface area contributed by atoms with Gasteiger partial charge in [-0.2, -0.15) is 0 Å². The molecule has 9 heteroatoms. The van der Waals surface area contributed by atoms with Gasteiger partial charge in [-0.05, 0) is 18.2 Å². The first-order chi connectivity index (χ1) is 11.5. The molecule has 1 heterocycles. The molecule has 0 spiro atoms. The van der Waals surface area contributed by atoms with Crippen LogP contribution in [0, 0.1) is 10.1 Å². The Labute approximate surface area is 135 Å². The summed E-state index contributed by atoms with van der Waals surface area (Å²) < 4.78 is 19.6. The van der Waals surface area contributed by atoms with Crippen molar-refractivity contribution in [1.82, 2.24) is 0 Å². The van der Waals surface area contributed by atoms with Crippen LogP contribution in [0.2, 0.25) is 0 Å². The van der Waals surface area contributed by atoms with Crippen LogP contribution in [-0.4, -0.2) is 30.6 Å². The first-order valence-corrected chi connectivity index (χ1v) is 6.70. The van der Waals surface area contributed by atoms with E-state index in [2.05, 4.69) is 4.74 Å². The Balaban J connectivity index is 1.85. The largest absolute Gasteiger partial charge is 0.475 e. The van der Waals surface area contributed by atoms with E-state index < -0.39 is 23.5 Å². The minimum absolute atomic E-state index is 0.0142. The fourth-order valence-corrected chi connectivity index (χ4v) is 1.73. The maximum absolute atomic E-state index is 11.6. The second kappa shape index (κ2) is 7.77. The summed E-state index contributed by atoms with van der Waals surface area (Å²) in [7, 11) is 1.21. The fourth-order valence-electron chi connectivity index (χ4n) is 1.73. The zero-order valence-corrected chi connectivity index (χ0v) is 12.6. The second-order valence-corrected chi connectivity index (χ2v) is 4.43. The molecule has 24 heavy (non-hydrogen) atoms. The van der Waals surface area contributed by atoms with Gasteiger partial charge in [-0.3, -0.25) is 10.1 Å². The third-order valence-electron chi connectivity index (χ3n) is 2.83. The van der Waals surface area contributed by atoms with Crippen molar-refractivity contribution in [2.45, 2.75) is 6.61 Å². The van der Waals surface area contributed by atoms with Gasteiger partial charge < -0.3 is 18.6 Å². The van der Waals surface area contributed by atoms with Gasteiger partial charge in [-0.1, -0.05) is 12.1 Å². The van der Waals surface area contributed by atoms with Crippen molar-refractivity contribution >= 4 is 17.6 Å². The van der Waals surface area contributed by atoms with Crippen LogP contribution in [-0.2, 0) is 20.9 Å². The highest BCUT2D eigenvalue weighted by Gasteiger charge is 2.16. The summed E-state index contributed by atoms with van der Waals surface area (Å²) in [6.45, 7) is -0.717. The topological polar surface area (TPSA) is 118 Å². The summed E-state index contributed by atoms with van der Waals surface area (Å²) in [5.74, 6) is -1.20. The lowest BCUT2D eigenvalue weighted by molar-refractivity contribution is -0.385. The van der Waals surface area contributed by atoms with Crippen LogP contribution >= 0.6 is 0 Å². The number of nitro groups is 1. The summed E-state index contributed by atoms with van der Waals surface area (Å²) in [6, 6.07) is 8.52. The normalized spacial score (nSPS) is 10.0. The molecule has 1 aromatic heterocycles. The Morgan fingerprint density at radius 3 is 2.67 bits per heavy atom. The van der Waals surface area contributed by atoms with Crippen molar-refractivity contribution in [2.75, 3.05) is 13.7 Å². The Morgan fingerprint density at radius 2 is 1.96 bits per heavy atom. The van der Waals surface area contributed by atoms with Gasteiger partial charge in [-0.25, -0.2) is 9.59 Å². The molecule has 0 amide bonds. The Kier molecular flexibility index (Phi) is 5.50. The molecule has 2 rings (SSSR count). The van der Waals surface area contributed by atoms with Gasteiger partial charge >= 0.3 is 17.6 Å². The van der Waals surface area contributed by atoms with E-state index in [0.717, 1.165) is 0 Å². The van der Waals surface area contributed by atoms with Crippen LogP contribution in [0.25, 0.3) is 0 Å². The lowest BCUT2D eigenvalue weighted by Gasteiger charge is -2.06. The number of rotatable bonds is 7. The molecule has 1 aromatic carbocycles. The fraction of sp³-hybridized carbons (Fsp3) is 0.200. The van der Waals surface area contributed by atoms with Crippen LogP contribution in [0.15, 0.2) is 40.8 Å². The average molecular weight is 335 g/mol. The summed E-state index contributed by atoms with van der Waals surface area (Å²) >= 11 is 0. The molecule has 126 valence electrons. The van der Waals surface area contributed by atoms with Gasteiger partial charge in [0, 0.05) is 6.07 Å². The molecule has 0 N–H and O–H groups in total. The molecular formula is C15H13NO8. The van der Waals surface area contributed by atoms with E-state index in [1.807, 2.05) is 0 Å². The quantitative estimate of drug-likeness (QED) is 0.429. The Hall–Kier alpha value is -3.36. The highest BCUT2D eigenvalue weighted by atomic mass is 16.6. The van der Waals surface area contributed by atoms with Crippen molar-refractivity contribution in [1.29, 1.82) is 0 Å². The van der Waals surface area contributed by atoms with Gasteiger partial charge in [0.1, 0.15) is 12.4 Å². The van der Waals surface area contributed by atoms with E-state index in [4.69, 9.17) is 13.9 Å². The maximum Gasteiger partial charge on any atom is 0.373 e. The Morgan fingerprint density at radius 1 is 1.21 bits per heavy atom. The molecule has 0 aliphatic carbocycles. The monoisotopic (exact) mass is 335 g/mol. The van der Waals surface area contributed by atoms with Crippen LogP contribution < -0.4 is 4.74 Å². The number of carbonyl (C=O) groups excluding carboxylic acids is 2. The summed E-state index contributed by atoms with van der Waals surface area (Å²) in [5, 5.41) is 10.8. The van der Waals surface area contributed by atoms with Gasteiger partial charge in [-0.15, -0.1) is 0 Å². The van der Waals surface area contributed by atoms with E-state index in [-0.39, 0.29) is 29.6 Å². The van der Waals surface area contributed by atoms with E-state index in [9.17, 15) is 19.7 Å². The molecule has 9 nitrogen and oxygen atoms in total. The third-order valence-corrected chi connectivity index (χ3v) is 2.83. The molecule has 0 saturated carbocycles. The van der Waals surface area contributed by atoms with Gasteiger partial charge in [0.25, 0.3) is 0 Å². The third kappa shape index (κ3) is 4.32. The minimum atomic E-state index is -0.746. The maximum atomic E-state index is 11.6. The van der Waals surface area contributed by atoms with Gasteiger partial charge in [0.2, 0.25) is 5.76 Å². The molecule has 0 bridgehead atoms. The van der Waals surface area contributed by atoms with Gasteiger partial charge in [0.05, 0.1) is 12.0 Å². The number of ether oxygens (including phenoxy) is 3. The number of furan rings is 1. The standard InChI is InChI=1S/C15H13NO8/c1-21-15(18)13-7-6-10(24-13)8-23-14(17)9-22-12-5-3-2-4-11(12)16(19)20/h2-7H,8-9H2,1H3. The smallest absolute Gasteiger partial charge is 0.373 e. The molecule has 0 aliphatic heterocycles. The Bertz CT molecular complexity index is 751. The molecule has 0 saturated heterocycles. The van der Waals surface area contributed by atoms with E-state index in [1.54, 1.807) is 6.07 Å². The van der Waals surface area contributed by atoms with Crippen LogP contribution in [0.5, 0.6) is 5.75 Å². The minimum Gasteiger partial charge on any atom is -0.475 e. The number of esters is 2. The molecule has 0 unspecified atom stereocenters. The zero-order chi connectivity index (χ0) is 17.5. The summed E-state index contributed by atoms with van der Waals surface area (Å²) in [6.07, 6.45) is 0. The second-order valence-electron chi connectivity index (χ2n) is 4.43. The number of hydrogen-bond donors (Lipinski definition) is 0. The number of nitro benzene ring substituents is 1. The lowest BCUT2D eigenvalue weighted by Crippen LogP contribution is -2.15. The first kappa shape index (κ1) is 17.0. The van der Waals surface area contributed by atoms with Crippen molar-refractivity contribution in [3.05, 3.63) is 58.0 Å². The molecule has 2 aromatic rings. The van der Waals surface area contributed by atoms with E-state index in [1.165, 1.54) is 37.4 Å². The van der Waals surface area contributed by atoms with Crippen molar-refractivity contribution in [3.8, 4) is 5.75 Å². The van der Waals surface area contributed by atoms with Crippen molar-refractivity contribution in [3.63, 3.8) is 0 Å². The molecule has 0 atom stereocenters. The number of hydrogen-bond acceptors (Lipinski definition) is 8. The predicted octanol–water partition coefficient (Wildman–Crippen LogP) is 2.10. The van der Waals surface area contributed by atoms with Crippen LogP contribution in [0.3, 0.4) is 0 Å². The molecule has 0 radical (unpaired) electrons. The average Bonchev–Trinajstić information content (AvgIpc) is 3.06. The number of methoxy groups -OCH3 is 1. The predicted molar refractivity (Wildman–Crippen MR) is 78.4 cm³/mol. The van der Waals surface area contributed by atoms with E-state index >= 15 is 0 Å². The number of nitrogens with zero attached hydrogens (tertiary/aromatic N) is 1. The van der Waals surface area contributed by atoms with Crippen molar-refractivity contribution in [2.24, 2.45) is 0 Å². The number of benzene rings is 1. The molecule has 0 aliphatic rings. The van der Waals surface area contributed by atoms with Gasteiger partial charge in [0.15, 0.2) is 12.4 Å². The summed E-state index contributed by atoms with van der Waals surface area (Å²) in [4.78, 5) is 33.0. The zero-order valence-electron chi connectivity index (χ0n) is 12.6. The lowest BCUT2D eigenvalue weighted by atomic mass is 10.3.